The van der Waals surface area contributed by atoms with Crippen LogP contribution >= 0.6 is 0 Å². The maximum Gasteiger partial charge on any atom is 0.164 e. The summed E-state index contributed by atoms with van der Waals surface area (Å²) in [6, 6.07) is 0. The standard InChI is InChI=1S/C15H21NO2/c1-15(2)7-6-12(18-15)9-16-8-11-4-3-5-14(17)13(11)10-16/h8,10,12H,3-7,9H2,1-2H3. The molecule has 3 nitrogen and oxygen atoms in total. The van der Waals surface area contributed by atoms with E-state index in [0.29, 0.717) is 18.3 Å². The molecule has 2 aliphatic rings. The van der Waals surface area contributed by atoms with Crippen LogP contribution in [-0.4, -0.2) is 22.1 Å². The van der Waals surface area contributed by atoms with Gasteiger partial charge >= 0.3 is 0 Å². The van der Waals surface area contributed by atoms with E-state index in [0.717, 1.165) is 37.8 Å². The molecule has 1 saturated heterocycles. The molecule has 0 saturated carbocycles. The lowest BCUT2D eigenvalue weighted by atomic mass is 9.95. The molecule has 1 aliphatic heterocycles. The highest BCUT2D eigenvalue weighted by molar-refractivity contribution is 5.98. The number of fused-ring (bicyclic) bond motifs is 1. The monoisotopic (exact) mass is 247 g/mol. The predicted octanol–water partition coefficient (Wildman–Crippen LogP) is 2.96. The third kappa shape index (κ3) is 2.24. The summed E-state index contributed by atoms with van der Waals surface area (Å²) in [5, 5.41) is 0. The average Bonchev–Trinajstić information content (AvgIpc) is 2.83. The van der Waals surface area contributed by atoms with Gasteiger partial charge in [0.1, 0.15) is 0 Å². The number of hydrogen-bond acceptors (Lipinski definition) is 2. The van der Waals surface area contributed by atoms with E-state index in [9.17, 15) is 4.79 Å². The van der Waals surface area contributed by atoms with Crippen molar-refractivity contribution < 1.29 is 9.53 Å². The van der Waals surface area contributed by atoms with Gasteiger partial charge in [0.25, 0.3) is 0 Å². The molecule has 3 heteroatoms. The third-order valence-corrected chi connectivity index (χ3v) is 4.08. The molecule has 1 aromatic rings. The first-order valence-corrected chi connectivity index (χ1v) is 6.93. The second-order valence-corrected chi connectivity index (χ2v) is 6.21. The fourth-order valence-corrected chi connectivity index (χ4v) is 3.13. The van der Waals surface area contributed by atoms with E-state index in [1.807, 2.05) is 6.20 Å². The predicted molar refractivity (Wildman–Crippen MR) is 69.9 cm³/mol. The molecule has 1 atom stereocenters. The number of rotatable bonds is 2. The Labute approximate surface area is 108 Å². The van der Waals surface area contributed by atoms with Gasteiger partial charge in [0.15, 0.2) is 5.78 Å². The van der Waals surface area contributed by atoms with Crippen LogP contribution in [0.4, 0.5) is 0 Å². The van der Waals surface area contributed by atoms with Gasteiger partial charge in [-0.05, 0) is 45.1 Å². The second-order valence-electron chi connectivity index (χ2n) is 6.21. The van der Waals surface area contributed by atoms with Gasteiger partial charge in [-0.1, -0.05) is 0 Å². The summed E-state index contributed by atoms with van der Waals surface area (Å²) >= 11 is 0. The highest BCUT2D eigenvalue weighted by atomic mass is 16.5. The zero-order chi connectivity index (χ0) is 12.8. The number of aromatic nitrogens is 1. The normalized spacial score (nSPS) is 26.3. The summed E-state index contributed by atoms with van der Waals surface area (Å²) in [6.07, 6.45) is 9.45. The summed E-state index contributed by atoms with van der Waals surface area (Å²) in [5.41, 5.74) is 2.19. The summed E-state index contributed by atoms with van der Waals surface area (Å²) < 4.78 is 8.16. The Morgan fingerprint density at radius 2 is 2.22 bits per heavy atom. The fourth-order valence-electron chi connectivity index (χ4n) is 3.13. The van der Waals surface area contributed by atoms with Crippen LogP contribution in [0.25, 0.3) is 0 Å². The number of carbonyl (C=O) groups is 1. The van der Waals surface area contributed by atoms with Gasteiger partial charge in [0, 0.05) is 30.9 Å². The molecule has 1 unspecified atom stereocenters. The number of carbonyl (C=O) groups excluding carboxylic acids is 1. The molecule has 0 bridgehead atoms. The zero-order valence-corrected chi connectivity index (χ0v) is 11.2. The maximum absolute atomic E-state index is 11.8. The second kappa shape index (κ2) is 4.23. The minimum absolute atomic E-state index is 0.0211. The molecule has 1 fully saturated rings. The van der Waals surface area contributed by atoms with Crippen molar-refractivity contribution in [2.75, 3.05) is 0 Å². The molecule has 3 rings (SSSR count). The number of nitrogens with zero attached hydrogens (tertiary/aromatic N) is 1. The Balaban J connectivity index is 1.73. The summed E-state index contributed by atoms with van der Waals surface area (Å²) in [5.74, 6) is 0.308. The summed E-state index contributed by atoms with van der Waals surface area (Å²) in [7, 11) is 0. The highest BCUT2D eigenvalue weighted by Gasteiger charge is 2.32. The number of ketones is 1. The number of Topliss-reactive ketones (excluding diaryl/α,β-unsaturated/α-hetero) is 1. The highest BCUT2D eigenvalue weighted by Crippen LogP contribution is 2.31. The first-order valence-electron chi connectivity index (χ1n) is 6.93. The van der Waals surface area contributed by atoms with Crippen molar-refractivity contribution in [1.82, 2.24) is 4.57 Å². The molecule has 1 aliphatic carbocycles. The SMILES string of the molecule is CC1(C)CCC(Cn2cc3c(c2)C(=O)CCC3)O1. The lowest BCUT2D eigenvalue weighted by molar-refractivity contribution is -0.0216. The van der Waals surface area contributed by atoms with Crippen molar-refractivity contribution in [3.05, 3.63) is 23.5 Å². The van der Waals surface area contributed by atoms with Crippen LogP contribution in [0.2, 0.25) is 0 Å². The number of hydrogen-bond donors (Lipinski definition) is 0. The quantitative estimate of drug-likeness (QED) is 0.804. The van der Waals surface area contributed by atoms with Crippen molar-refractivity contribution in [2.45, 2.75) is 64.2 Å². The van der Waals surface area contributed by atoms with Crippen LogP contribution in [0.15, 0.2) is 12.4 Å². The van der Waals surface area contributed by atoms with Gasteiger partial charge in [-0.15, -0.1) is 0 Å². The Kier molecular flexibility index (Phi) is 2.81. The van der Waals surface area contributed by atoms with Gasteiger partial charge in [-0.25, -0.2) is 0 Å². The molecule has 0 amide bonds. The Hall–Kier alpha value is -1.09. The van der Waals surface area contributed by atoms with Crippen LogP contribution in [-0.2, 0) is 17.7 Å². The van der Waals surface area contributed by atoms with Crippen molar-refractivity contribution in [3.63, 3.8) is 0 Å². The van der Waals surface area contributed by atoms with Crippen molar-refractivity contribution in [3.8, 4) is 0 Å². The van der Waals surface area contributed by atoms with E-state index in [4.69, 9.17) is 4.74 Å². The van der Waals surface area contributed by atoms with Crippen LogP contribution in [0, 0.1) is 0 Å². The lowest BCUT2D eigenvalue weighted by Gasteiger charge is -2.19. The molecular formula is C15H21NO2. The van der Waals surface area contributed by atoms with Crippen molar-refractivity contribution in [2.24, 2.45) is 0 Å². The van der Waals surface area contributed by atoms with Crippen LogP contribution in [0.3, 0.4) is 0 Å². The minimum Gasteiger partial charge on any atom is -0.370 e. The number of aryl methyl sites for hydroxylation is 1. The molecule has 0 radical (unpaired) electrons. The Morgan fingerprint density at radius 3 is 2.89 bits per heavy atom. The number of ether oxygens (including phenoxy) is 1. The van der Waals surface area contributed by atoms with Crippen LogP contribution < -0.4 is 0 Å². The molecular weight excluding hydrogens is 226 g/mol. The van der Waals surface area contributed by atoms with Gasteiger partial charge in [-0.2, -0.15) is 0 Å². The molecule has 98 valence electrons. The molecule has 1 aromatic heterocycles. The third-order valence-electron chi connectivity index (χ3n) is 4.08. The van der Waals surface area contributed by atoms with E-state index >= 15 is 0 Å². The first-order chi connectivity index (χ1) is 8.53. The molecule has 0 spiro atoms. The molecule has 0 N–H and O–H groups in total. The molecule has 18 heavy (non-hydrogen) atoms. The van der Waals surface area contributed by atoms with E-state index < -0.39 is 0 Å². The summed E-state index contributed by atoms with van der Waals surface area (Å²) in [6.45, 7) is 5.18. The Bertz CT molecular complexity index is 473. The lowest BCUT2D eigenvalue weighted by Crippen LogP contribution is -2.22. The molecule has 2 heterocycles. The van der Waals surface area contributed by atoms with Crippen molar-refractivity contribution >= 4 is 5.78 Å². The van der Waals surface area contributed by atoms with Gasteiger partial charge in [0.2, 0.25) is 0 Å². The first kappa shape index (κ1) is 12.0. The maximum atomic E-state index is 11.8. The average molecular weight is 247 g/mol. The Morgan fingerprint density at radius 1 is 1.39 bits per heavy atom. The zero-order valence-electron chi connectivity index (χ0n) is 11.2. The van der Waals surface area contributed by atoms with Crippen molar-refractivity contribution in [1.29, 1.82) is 0 Å². The largest absolute Gasteiger partial charge is 0.370 e. The van der Waals surface area contributed by atoms with Gasteiger partial charge in [-0.3, -0.25) is 4.79 Å². The minimum atomic E-state index is 0.0211. The molecule has 0 aromatic carbocycles. The van der Waals surface area contributed by atoms with Gasteiger partial charge < -0.3 is 9.30 Å². The van der Waals surface area contributed by atoms with Gasteiger partial charge in [0.05, 0.1) is 11.7 Å². The van der Waals surface area contributed by atoms with Crippen LogP contribution in [0.5, 0.6) is 0 Å². The van der Waals surface area contributed by atoms with E-state index in [1.165, 1.54) is 5.56 Å². The van der Waals surface area contributed by atoms with E-state index in [2.05, 4.69) is 24.6 Å². The van der Waals surface area contributed by atoms with E-state index in [1.54, 1.807) is 0 Å². The smallest absolute Gasteiger partial charge is 0.164 e. The summed E-state index contributed by atoms with van der Waals surface area (Å²) in [4.78, 5) is 11.8. The van der Waals surface area contributed by atoms with E-state index in [-0.39, 0.29) is 5.60 Å². The topological polar surface area (TPSA) is 31.2 Å². The fraction of sp³-hybridized carbons (Fsp3) is 0.667. The van der Waals surface area contributed by atoms with Crippen LogP contribution in [0.1, 0.15) is 55.5 Å².